The zero-order chi connectivity index (χ0) is 17.0. The SMILES string of the molecule is N#Cc1ccc(NC(=O)NCC2(O)CCCNC2)c2ccccc12. The van der Waals surface area contributed by atoms with Crippen molar-refractivity contribution in [2.24, 2.45) is 0 Å². The minimum absolute atomic E-state index is 0.194. The van der Waals surface area contributed by atoms with Gasteiger partial charge in [-0.15, -0.1) is 0 Å². The first-order valence-corrected chi connectivity index (χ1v) is 8.01. The molecule has 4 N–H and O–H groups in total. The van der Waals surface area contributed by atoms with Gasteiger partial charge in [0.05, 0.1) is 22.9 Å². The van der Waals surface area contributed by atoms with E-state index in [0.717, 1.165) is 23.7 Å². The highest BCUT2D eigenvalue weighted by atomic mass is 16.3. The van der Waals surface area contributed by atoms with Gasteiger partial charge >= 0.3 is 6.03 Å². The largest absolute Gasteiger partial charge is 0.387 e. The quantitative estimate of drug-likeness (QED) is 0.694. The molecule has 0 bridgehead atoms. The molecule has 3 rings (SSSR count). The predicted molar refractivity (Wildman–Crippen MR) is 92.7 cm³/mol. The lowest BCUT2D eigenvalue weighted by Gasteiger charge is -2.32. The summed E-state index contributed by atoms with van der Waals surface area (Å²) in [4.78, 5) is 12.2. The van der Waals surface area contributed by atoms with Crippen molar-refractivity contribution in [2.45, 2.75) is 18.4 Å². The maximum Gasteiger partial charge on any atom is 0.319 e. The van der Waals surface area contributed by atoms with Crippen LogP contribution in [0, 0.1) is 11.3 Å². The summed E-state index contributed by atoms with van der Waals surface area (Å²) in [5, 5.41) is 29.8. The molecule has 0 aliphatic carbocycles. The molecule has 24 heavy (non-hydrogen) atoms. The number of β-amino-alcohol motifs (C(OH)–C–C–N with tert-alkyl or cyclic N) is 1. The molecule has 2 amide bonds. The fraction of sp³-hybridized carbons (Fsp3) is 0.333. The van der Waals surface area contributed by atoms with Crippen LogP contribution in [0.5, 0.6) is 0 Å². The van der Waals surface area contributed by atoms with E-state index in [9.17, 15) is 15.2 Å². The minimum Gasteiger partial charge on any atom is -0.387 e. The first-order chi connectivity index (χ1) is 11.6. The van der Waals surface area contributed by atoms with Crippen LogP contribution in [0.15, 0.2) is 36.4 Å². The van der Waals surface area contributed by atoms with Crippen LogP contribution in [0.3, 0.4) is 0 Å². The number of piperidine rings is 1. The molecular weight excluding hydrogens is 304 g/mol. The third-order valence-electron chi connectivity index (χ3n) is 4.32. The van der Waals surface area contributed by atoms with Crippen LogP contribution < -0.4 is 16.0 Å². The number of hydrogen-bond donors (Lipinski definition) is 4. The summed E-state index contributed by atoms with van der Waals surface area (Å²) in [5.41, 5.74) is 0.303. The number of nitriles is 1. The molecule has 0 aromatic heterocycles. The van der Waals surface area contributed by atoms with E-state index in [1.54, 1.807) is 12.1 Å². The van der Waals surface area contributed by atoms with Crippen LogP contribution in [0.1, 0.15) is 18.4 Å². The van der Waals surface area contributed by atoms with Crippen molar-refractivity contribution in [1.82, 2.24) is 10.6 Å². The van der Waals surface area contributed by atoms with Gasteiger partial charge < -0.3 is 21.1 Å². The first kappa shape index (κ1) is 16.2. The molecule has 1 fully saturated rings. The van der Waals surface area contributed by atoms with Crippen molar-refractivity contribution in [2.75, 3.05) is 25.0 Å². The molecule has 2 aromatic rings. The normalized spacial score (nSPS) is 20.3. The number of urea groups is 1. The molecular formula is C18H20N4O2. The summed E-state index contributed by atoms with van der Waals surface area (Å²) < 4.78 is 0. The van der Waals surface area contributed by atoms with Crippen LogP contribution in [0.25, 0.3) is 10.8 Å². The molecule has 6 nitrogen and oxygen atoms in total. The number of nitrogens with one attached hydrogen (secondary N) is 3. The first-order valence-electron chi connectivity index (χ1n) is 8.01. The Morgan fingerprint density at radius 2 is 2.08 bits per heavy atom. The number of hydrogen-bond acceptors (Lipinski definition) is 4. The molecule has 1 heterocycles. The molecule has 0 radical (unpaired) electrons. The number of anilines is 1. The molecule has 1 unspecified atom stereocenters. The fourth-order valence-corrected chi connectivity index (χ4v) is 3.02. The van der Waals surface area contributed by atoms with Crippen molar-refractivity contribution in [3.63, 3.8) is 0 Å². The number of benzene rings is 2. The number of carbonyl (C=O) groups excluding carboxylic acids is 1. The molecule has 124 valence electrons. The number of amides is 2. The molecule has 0 saturated carbocycles. The van der Waals surface area contributed by atoms with Gasteiger partial charge in [0.2, 0.25) is 0 Å². The topological polar surface area (TPSA) is 97.2 Å². The van der Waals surface area contributed by atoms with Gasteiger partial charge in [-0.2, -0.15) is 5.26 Å². The standard InChI is InChI=1S/C18H20N4O2/c19-10-13-6-7-16(15-5-2-1-4-14(13)15)22-17(23)21-12-18(24)8-3-9-20-11-18/h1-2,4-7,20,24H,3,8-9,11-12H2,(H2,21,22,23). The number of aliphatic hydroxyl groups is 1. The summed E-state index contributed by atoms with van der Waals surface area (Å²) in [6.45, 7) is 1.57. The van der Waals surface area contributed by atoms with E-state index in [1.807, 2.05) is 24.3 Å². The van der Waals surface area contributed by atoms with E-state index >= 15 is 0 Å². The second kappa shape index (κ2) is 6.87. The number of carbonyl (C=O) groups is 1. The zero-order valence-electron chi connectivity index (χ0n) is 13.3. The summed E-state index contributed by atoms with van der Waals surface area (Å²) in [6.07, 6.45) is 1.56. The second-order valence-corrected chi connectivity index (χ2v) is 6.13. The summed E-state index contributed by atoms with van der Waals surface area (Å²) in [7, 11) is 0. The second-order valence-electron chi connectivity index (χ2n) is 6.13. The Morgan fingerprint density at radius 1 is 1.29 bits per heavy atom. The lowest BCUT2D eigenvalue weighted by molar-refractivity contribution is 0.0198. The van der Waals surface area contributed by atoms with E-state index in [4.69, 9.17) is 0 Å². The minimum atomic E-state index is -0.900. The van der Waals surface area contributed by atoms with Crippen LogP contribution in [-0.2, 0) is 0 Å². The molecule has 6 heteroatoms. The average Bonchev–Trinajstić information content (AvgIpc) is 2.61. The van der Waals surface area contributed by atoms with E-state index in [0.29, 0.717) is 24.2 Å². The van der Waals surface area contributed by atoms with Crippen LogP contribution >= 0.6 is 0 Å². The summed E-state index contributed by atoms with van der Waals surface area (Å²) >= 11 is 0. The Morgan fingerprint density at radius 3 is 2.79 bits per heavy atom. The third kappa shape index (κ3) is 3.48. The number of rotatable bonds is 3. The van der Waals surface area contributed by atoms with E-state index in [-0.39, 0.29) is 12.6 Å². The smallest absolute Gasteiger partial charge is 0.319 e. The van der Waals surface area contributed by atoms with Crippen LogP contribution in [-0.4, -0.2) is 36.4 Å². The number of nitrogens with zero attached hydrogens (tertiary/aromatic N) is 1. The monoisotopic (exact) mass is 324 g/mol. The van der Waals surface area contributed by atoms with Crippen LogP contribution in [0.2, 0.25) is 0 Å². The van der Waals surface area contributed by atoms with Gasteiger partial charge in [0.1, 0.15) is 0 Å². The van der Waals surface area contributed by atoms with Gasteiger partial charge in [-0.1, -0.05) is 24.3 Å². The Kier molecular flexibility index (Phi) is 4.65. The van der Waals surface area contributed by atoms with Gasteiger partial charge in [0.15, 0.2) is 0 Å². The highest BCUT2D eigenvalue weighted by molar-refractivity contribution is 6.03. The van der Waals surface area contributed by atoms with E-state index in [1.165, 1.54) is 0 Å². The lowest BCUT2D eigenvalue weighted by Crippen LogP contribution is -2.53. The maximum absolute atomic E-state index is 12.2. The zero-order valence-corrected chi connectivity index (χ0v) is 13.3. The molecule has 0 spiro atoms. The van der Waals surface area contributed by atoms with Gasteiger partial charge in [0.25, 0.3) is 0 Å². The molecule has 1 saturated heterocycles. The Labute approximate surface area is 140 Å². The van der Waals surface area contributed by atoms with Gasteiger partial charge in [-0.3, -0.25) is 0 Å². The Balaban J connectivity index is 1.71. The van der Waals surface area contributed by atoms with Crippen molar-refractivity contribution in [3.05, 3.63) is 42.0 Å². The molecule has 1 aliphatic rings. The third-order valence-corrected chi connectivity index (χ3v) is 4.32. The van der Waals surface area contributed by atoms with Gasteiger partial charge in [-0.25, -0.2) is 4.79 Å². The van der Waals surface area contributed by atoms with Crippen LogP contribution in [0.4, 0.5) is 10.5 Å². The van der Waals surface area contributed by atoms with E-state index < -0.39 is 5.60 Å². The predicted octanol–water partition coefficient (Wildman–Crippen LogP) is 1.95. The van der Waals surface area contributed by atoms with Gasteiger partial charge in [-0.05, 0) is 31.5 Å². The highest BCUT2D eigenvalue weighted by Crippen LogP contribution is 2.26. The summed E-state index contributed by atoms with van der Waals surface area (Å²) in [6, 6.07) is 12.6. The van der Waals surface area contributed by atoms with Crippen molar-refractivity contribution >= 4 is 22.5 Å². The summed E-state index contributed by atoms with van der Waals surface area (Å²) in [5.74, 6) is 0. The highest BCUT2D eigenvalue weighted by Gasteiger charge is 2.29. The van der Waals surface area contributed by atoms with Gasteiger partial charge in [0, 0.05) is 23.9 Å². The fourth-order valence-electron chi connectivity index (χ4n) is 3.02. The number of fused-ring (bicyclic) bond motifs is 1. The lowest BCUT2D eigenvalue weighted by atomic mass is 9.94. The van der Waals surface area contributed by atoms with Crippen molar-refractivity contribution in [3.8, 4) is 6.07 Å². The molecule has 1 aliphatic heterocycles. The maximum atomic E-state index is 12.2. The van der Waals surface area contributed by atoms with E-state index in [2.05, 4.69) is 22.0 Å². The Hall–Kier alpha value is -2.62. The van der Waals surface area contributed by atoms with Crippen molar-refractivity contribution in [1.29, 1.82) is 5.26 Å². The average molecular weight is 324 g/mol. The molecule has 2 aromatic carbocycles. The van der Waals surface area contributed by atoms with Crippen molar-refractivity contribution < 1.29 is 9.90 Å². The molecule has 1 atom stereocenters. The Bertz CT molecular complexity index is 791.